The monoisotopic (exact) mass is 523 g/mol. The van der Waals surface area contributed by atoms with Gasteiger partial charge in [0.2, 0.25) is 0 Å². The Kier molecular flexibility index (Phi) is 7.97. The van der Waals surface area contributed by atoms with Crippen LogP contribution in [-0.4, -0.2) is 0 Å². The van der Waals surface area contributed by atoms with Gasteiger partial charge < -0.3 is 24.8 Å². The molecule has 4 rings (SSSR count). The second-order valence-electron chi connectivity index (χ2n) is 6.52. The van der Waals surface area contributed by atoms with Crippen molar-refractivity contribution in [1.29, 1.82) is 0 Å². The molecule has 0 saturated heterocycles. The van der Waals surface area contributed by atoms with Crippen molar-refractivity contribution in [1.82, 2.24) is 0 Å². The van der Waals surface area contributed by atoms with Gasteiger partial charge in [0.1, 0.15) is 0 Å². The van der Waals surface area contributed by atoms with Crippen molar-refractivity contribution in [2.45, 2.75) is 46.0 Å². The van der Waals surface area contributed by atoms with E-state index in [2.05, 4.69) is 50.3 Å². The Labute approximate surface area is 176 Å². The number of hydrogen-bond donors (Lipinski definition) is 0. The Morgan fingerprint density at radius 1 is 1.00 bits per heavy atom. The first-order valence-electron chi connectivity index (χ1n) is 8.08. The second kappa shape index (κ2) is 8.83. The topological polar surface area (TPSA) is 0 Å². The molecule has 0 atom stereocenters. The first-order chi connectivity index (χ1) is 10.3. The molecule has 1 aromatic carbocycles. The minimum Gasteiger partial charge on any atom is -1.00 e. The van der Waals surface area contributed by atoms with E-state index in [1.165, 1.54) is 64.0 Å². The minimum absolute atomic E-state index is 0. The molecule has 0 fully saturated rings. The van der Waals surface area contributed by atoms with E-state index in [0.717, 1.165) is 6.42 Å². The van der Waals surface area contributed by atoms with Crippen LogP contribution in [0.5, 0.6) is 0 Å². The molecule has 126 valence electrons. The fourth-order valence-corrected chi connectivity index (χ4v) is 3.88. The van der Waals surface area contributed by atoms with E-state index in [4.69, 9.17) is 0 Å². The van der Waals surface area contributed by atoms with E-state index < -0.39 is 0 Å². The van der Waals surface area contributed by atoms with Gasteiger partial charge in [-0.15, -0.1) is 28.9 Å². The number of halogens is 2. The summed E-state index contributed by atoms with van der Waals surface area (Å²) in [5.41, 5.74) is 8.93. The maximum absolute atomic E-state index is 3.69. The Morgan fingerprint density at radius 3 is 2.42 bits per heavy atom. The smallest absolute Gasteiger partial charge is 0 e. The predicted molar refractivity (Wildman–Crippen MR) is 91.0 cm³/mol. The van der Waals surface area contributed by atoms with E-state index >= 15 is 0 Å². The van der Waals surface area contributed by atoms with E-state index in [0.29, 0.717) is 0 Å². The molecule has 3 aliphatic rings. The van der Waals surface area contributed by atoms with E-state index in [1.54, 1.807) is 5.57 Å². The summed E-state index contributed by atoms with van der Waals surface area (Å²) in [4.78, 5) is 0. The molecule has 0 spiro atoms. The maximum atomic E-state index is 3.69. The van der Waals surface area contributed by atoms with Crippen molar-refractivity contribution in [2.75, 3.05) is 0 Å². The van der Waals surface area contributed by atoms with Crippen molar-refractivity contribution >= 4 is 22.8 Å². The van der Waals surface area contributed by atoms with Gasteiger partial charge in [-0.25, -0.2) is 0 Å². The van der Waals surface area contributed by atoms with Crippen LogP contribution < -0.4 is 35.3 Å². The Balaban J connectivity index is 0.000000960. The summed E-state index contributed by atoms with van der Waals surface area (Å²) in [6, 6.07) is 4.58. The fraction of sp³-hybridized carbons (Fsp3) is 0.333. The van der Waals surface area contributed by atoms with Crippen LogP contribution in [0.4, 0.5) is 0 Å². The number of hydrogen-bond acceptors (Lipinski definition) is 0. The summed E-state index contributed by atoms with van der Waals surface area (Å²) in [5.74, 6) is 0. The summed E-state index contributed by atoms with van der Waals surface area (Å²) < 4.78 is 0. The third-order valence-electron chi connectivity index (χ3n) is 4.89. The van der Waals surface area contributed by atoms with Gasteiger partial charge in [-0.2, -0.15) is 5.22 Å². The molecule has 3 heteroatoms. The summed E-state index contributed by atoms with van der Waals surface area (Å²) in [5, 5.41) is 2.75. The Hall–Kier alpha value is -0.370. The Morgan fingerprint density at radius 2 is 1.75 bits per heavy atom. The van der Waals surface area contributed by atoms with E-state index in [1.807, 2.05) is 0 Å². The first kappa shape index (κ1) is 21.7. The Bertz CT molecular complexity index is 837. The molecule has 24 heavy (non-hydrogen) atoms. The van der Waals surface area contributed by atoms with Crippen LogP contribution in [0.1, 0.15) is 57.1 Å². The molecule has 0 amide bonds. The minimum atomic E-state index is 0. The van der Waals surface area contributed by atoms with Gasteiger partial charge in [-0.1, -0.05) is 54.7 Å². The molecule has 0 aromatic heterocycles. The molecule has 3 aliphatic carbocycles. The zero-order chi connectivity index (χ0) is 14.4. The van der Waals surface area contributed by atoms with Gasteiger partial charge in [-0.3, -0.25) is 0 Å². The zero-order valence-corrected chi connectivity index (χ0v) is 19.3. The molecule has 0 radical (unpaired) electrons. The van der Waals surface area contributed by atoms with E-state index in [-0.39, 0.29) is 50.7 Å². The van der Waals surface area contributed by atoms with Crippen LogP contribution in [0.3, 0.4) is 0 Å². The molecule has 0 unspecified atom stereocenters. The SMILES string of the molecule is CC(C)=c1ccc2c(c1C1=CC=CC1)C1=C([C-]=2)CCCC1.[Cl-].[Cl-].[Hf]. The van der Waals surface area contributed by atoms with Crippen LogP contribution in [0.2, 0.25) is 0 Å². The average Bonchev–Trinajstić information content (AvgIpc) is 3.13. The molecule has 0 heterocycles. The molecule has 0 saturated carbocycles. The summed E-state index contributed by atoms with van der Waals surface area (Å²) in [6.45, 7) is 4.46. The van der Waals surface area contributed by atoms with Crippen molar-refractivity contribution in [3.8, 4) is 0 Å². The van der Waals surface area contributed by atoms with Crippen molar-refractivity contribution in [3.63, 3.8) is 0 Å². The van der Waals surface area contributed by atoms with Gasteiger partial charge in [-0.05, 0) is 37.5 Å². The van der Waals surface area contributed by atoms with Crippen LogP contribution in [0, 0.1) is 0 Å². The summed E-state index contributed by atoms with van der Waals surface area (Å²) in [7, 11) is 0. The molecular weight excluding hydrogens is 502 g/mol. The maximum Gasteiger partial charge on any atom is 0 e. The van der Waals surface area contributed by atoms with E-state index in [9.17, 15) is 0 Å². The van der Waals surface area contributed by atoms with Gasteiger partial charge in [0.05, 0.1) is 0 Å². The average molecular weight is 523 g/mol. The number of allylic oxidation sites excluding steroid dienone is 6. The molecule has 0 N–H and O–H groups in total. The van der Waals surface area contributed by atoms with Gasteiger partial charge >= 0.3 is 0 Å². The third-order valence-corrected chi connectivity index (χ3v) is 4.89. The normalized spacial score (nSPS) is 16.8. The summed E-state index contributed by atoms with van der Waals surface area (Å²) in [6.07, 6.45) is 16.6. The predicted octanol–water partition coefficient (Wildman–Crippen LogP) is -1.78. The van der Waals surface area contributed by atoms with Crippen molar-refractivity contribution in [3.05, 3.63) is 57.5 Å². The zero-order valence-electron chi connectivity index (χ0n) is 14.2. The molecule has 0 aliphatic heterocycles. The number of benzene rings is 1. The number of rotatable bonds is 1. The quantitative estimate of drug-likeness (QED) is 0.303. The van der Waals surface area contributed by atoms with Crippen LogP contribution in [0.25, 0.3) is 22.8 Å². The molecule has 0 bridgehead atoms. The molecule has 1 aromatic rings. The fourth-order valence-electron chi connectivity index (χ4n) is 3.88. The molecular formula is C21H21Cl2Hf-3. The van der Waals surface area contributed by atoms with Crippen LogP contribution in [-0.2, 0) is 25.8 Å². The summed E-state index contributed by atoms with van der Waals surface area (Å²) >= 11 is 0. The standard InChI is InChI=1S/C21H21.2ClH.Hf/c1-14(2)18-12-11-17-13-16-9-5-6-10-19(16)21(17)20(18)15-7-3-4-8-15;;;/h3-4,7,11-12H,5-6,8-10H2,1-2H3;2*1H;/q-1;;;/p-2. The largest absolute Gasteiger partial charge is 1.00 e. The van der Waals surface area contributed by atoms with Crippen LogP contribution >= 0.6 is 0 Å². The first-order valence-corrected chi connectivity index (χ1v) is 8.08. The van der Waals surface area contributed by atoms with Crippen molar-refractivity contribution in [2.24, 2.45) is 0 Å². The molecule has 0 nitrogen and oxygen atoms in total. The third kappa shape index (κ3) is 3.59. The second-order valence-corrected chi connectivity index (χ2v) is 6.52. The van der Waals surface area contributed by atoms with Crippen molar-refractivity contribution < 1.29 is 50.7 Å². The van der Waals surface area contributed by atoms with Gasteiger partial charge in [0.15, 0.2) is 0 Å². The van der Waals surface area contributed by atoms with Gasteiger partial charge in [0, 0.05) is 25.8 Å². The van der Waals surface area contributed by atoms with Crippen LogP contribution in [0.15, 0.2) is 35.9 Å². The van der Waals surface area contributed by atoms with Gasteiger partial charge in [0.25, 0.3) is 0 Å². The number of fused-ring (bicyclic) bond motifs is 2.